The number of hydrogen-bond donors (Lipinski definition) is 2. The standard InChI is InChI=1S/C21H22F2N4O2/c1-12-10-27(11-13(2)29-12)16-6-4-15(5-7-16)24-21(28)14-3-8-17-18(9-14)26-20(25-17)19(22)23/h3-9,12-13,19H,10-11H2,1-2H3,(H,24,28)(H,25,26). The molecule has 2 aromatic carbocycles. The Labute approximate surface area is 166 Å². The lowest BCUT2D eigenvalue weighted by molar-refractivity contribution is -0.00521. The van der Waals surface area contributed by atoms with E-state index in [0.29, 0.717) is 22.3 Å². The lowest BCUT2D eigenvalue weighted by Gasteiger charge is -2.36. The van der Waals surface area contributed by atoms with Gasteiger partial charge in [0.1, 0.15) is 0 Å². The van der Waals surface area contributed by atoms with Gasteiger partial charge in [-0.3, -0.25) is 4.79 Å². The van der Waals surface area contributed by atoms with Crippen LogP contribution in [0.5, 0.6) is 0 Å². The predicted molar refractivity (Wildman–Crippen MR) is 108 cm³/mol. The maximum Gasteiger partial charge on any atom is 0.295 e. The van der Waals surface area contributed by atoms with Gasteiger partial charge < -0.3 is 19.9 Å². The van der Waals surface area contributed by atoms with E-state index in [1.807, 2.05) is 24.3 Å². The molecule has 3 aromatic rings. The van der Waals surface area contributed by atoms with Crippen molar-refractivity contribution in [2.75, 3.05) is 23.3 Å². The van der Waals surface area contributed by atoms with E-state index >= 15 is 0 Å². The summed E-state index contributed by atoms with van der Waals surface area (Å²) < 4.78 is 31.3. The number of aromatic nitrogens is 2. The van der Waals surface area contributed by atoms with Crippen molar-refractivity contribution in [3.05, 3.63) is 53.9 Å². The molecule has 2 unspecified atom stereocenters. The molecule has 0 radical (unpaired) electrons. The fourth-order valence-electron chi connectivity index (χ4n) is 3.62. The summed E-state index contributed by atoms with van der Waals surface area (Å²) in [7, 11) is 0. The van der Waals surface area contributed by atoms with E-state index in [1.165, 1.54) is 6.07 Å². The molecule has 2 N–H and O–H groups in total. The molecule has 29 heavy (non-hydrogen) atoms. The highest BCUT2D eigenvalue weighted by Gasteiger charge is 2.22. The smallest absolute Gasteiger partial charge is 0.295 e. The van der Waals surface area contributed by atoms with Crippen LogP contribution >= 0.6 is 0 Å². The molecule has 2 heterocycles. The number of rotatable bonds is 4. The number of hydrogen-bond acceptors (Lipinski definition) is 4. The summed E-state index contributed by atoms with van der Waals surface area (Å²) in [5.74, 6) is -0.721. The Hall–Kier alpha value is -3.00. The number of fused-ring (bicyclic) bond motifs is 1. The largest absolute Gasteiger partial charge is 0.372 e. The number of nitrogens with zero attached hydrogens (tertiary/aromatic N) is 2. The summed E-state index contributed by atoms with van der Waals surface area (Å²) >= 11 is 0. The lowest BCUT2D eigenvalue weighted by atomic mass is 10.1. The number of carbonyl (C=O) groups excluding carboxylic acids is 1. The predicted octanol–water partition coefficient (Wildman–Crippen LogP) is 4.37. The number of aromatic amines is 1. The zero-order chi connectivity index (χ0) is 20.5. The number of H-pyrrole nitrogens is 1. The van der Waals surface area contributed by atoms with E-state index in [0.717, 1.165) is 18.8 Å². The number of anilines is 2. The first kappa shape index (κ1) is 19.3. The van der Waals surface area contributed by atoms with E-state index in [2.05, 4.69) is 34.0 Å². The Morgan fingerprint density at radius 3 is 2.52 bits per heavy atom. The second kappa shape index (κ2) is 7.79. The van der Waals surface area contributed by atoms with Crippen molar-refractivity contribution in [3.8, 4) is 0 Å². The van der Waals surface area contributed by atoms with E-state index < -0.39 is 12.2 Å². The highest BCUT2D eigenvalue weighted by molar-refractivity contribution is 6.06. The van der Waals surface area contributed by atoms with Crippen molar-refractivity contribution in [2.24, 2.45) is 0 Å². The number of ether oxygens (including phenoxy) is 1. The number of halogens is 2. The van der Waals surface area contributed by atoms with Crippen LogP contribution in [0.1, 0.15) is 36.5 Å². The molecule has 1 aliphatic heterocycles. The normalized spacial score (nSPS) is 19.7. The SMILES string of the molecule is CC1CN(c2ccc(NC(=O)c3ccc4nc(C(F)F)[nH]c4c3)cc2)CC(C)O1. The molecule has 0 aliphatic carbocycles. The summed E-state index contributed by atoms with van der Waals surface area (Å²) in [5.41, 5.74) is 2.89. The molecule has 6 nitrogen and oxygen atoms in total. The molecule has 1 fully saturated rings. The fourth-order valence-corrected chi connectivity index (χ4v) is 3.62. The topological polar surface area (TPSA) is 70.2 Å². The Morgan fingerprint density at radius 1 is 1.17 bits per heavy atom. The second-order valence-electron chi connectivity index (χ2n) is 7.32. The summed E-state index contributed by atoms with van der Waals surface area (Å²) in [5, 5.41) is 2.84. The quantitative estimate of drug-likeness (QED) is 0.683. The van der Waals surface area contributed by atoms with Gasteiger partial charge in [-0.05, 0) is 56.3 Å². The number of imidazole rings is 1. The van der Waals surface area contributed by atoms with Crippen molar-refractivity contribution >= 4 is 28.3 Å². The third-order valence-corrected chi connectivity index (χ3v) is 4.88. The maximum absolute atomic E-state index is 12.8. The summed E-state index contributed by atoms with van der Waals surface area (Å²) in [6, 6.07) is 12.3. The molecule has 1 saturated heterocycles. The first-order valence-electron chi connectivity index (χ1n) is 9.48. The Morgan fingerprint density at radius 2 is 1.86 bits per heavy atom. The molecular formula is C21H22F2N4O2. The van der Waals surface area contributed by atoms with Gasteiger partial charge in [-0.15, -0.1) is 0 Å². The minimum absolute atomic E-state index is 0.168. The average molecular weight is 400 g/mol. The number of benzene rings is 2. The van der Waals surface area contributed by atoms with Crippen molar-refractivity contribution in [2.45, 2.75) is 32.5 Å². The molecular weight excluding hydrogens is 378 g/mol. The molecule has 1 amide bonds. The van der Waals surface area contributed by atoms with Crippen molar-refractivity contribution in [1.29, 1.82) is 0 Å². The van der Waals surface area contributed by atoms with Crippen LogP contribution in [-0.4, -0.2) is 41.2 Å². The van der Waals surface area contributed by atoms with Crippen LogP contribution in [0.3, 0.4) is 0 Å². The van der Waals surface area contributed by atoms with E-state index in [4.69, 9.17) is 4.74 Å². The highest BCUT2D eigenvalue weighted by Crippen LogP contribution is 2.24. The van der Waals surface area contributed by atoms with Gasteiger partial charge >= 0.3 is 0 Å². The van der Waals surface area contributed by atoms with Crippen molar-refractivity contribution in [3.63, 3.8) is 0 Å². The maximum atomic E-state index is 12.8. The van der Waals surface area contributed by atoms with Crippen LogP contribution in [0.15, 0.2) is 42.5 Å². The Balaban J connectivity index is 1.46. The van der Waals surface area contributed by atoms with Crippen LogP contribution in [0.25, 0.3) is 11.0 Å². The monoisotopic (exact) mass is 400 g/mol. The van der Waals surface area contributed by atoms with Gasteiger partial charge in [-0.1, -0.05) is 0 Å². The van der Waals surface area contributed by atoms with E-state index in [1.54, 1.807) is 12.1 Å². The first-order valence-corrected chi connectivity index (χ1v) is 9.48. The summed E-state index contributed by atoms with van der Waals surface area (Å²) in [6.07, 6.45) is -2.35. The number of nitrogens with one attached hydrogen (secondary N) is 2. The third kappa shape index (κ3) is 4.22. The molecule has 0 saturated carbocycles. The van der Waals surface area contributed by atoms with Crippen LogP contribution in [0.4, 0.5) is 20.2 Å². The van der Waals surface area contributed by atoms with Crippen LogP contribution in [0, 0.1) is 0 Å². The highest BCUT2D eigenvalue weighted by atomic mass is 19.3. The van der Waals surface area contributed by atoms with Crippen LogP contribution in [-0.2, 0) is 4.74 Å². The Bertz CT molecular complexity index is 1010. The van der Waals surface area contributed by atoms with Crippen molar-refractivity contribution < 1.29 is 18.3 Å². The summed E-state index contributed by atoms with van der Waals surface area (Å²) in [6.45, 7) is 5.75. The zero-order valence-corrected chi connectivity index (χ0v) is 16.2. The van der Waals surface area contributed by atoms with Gasteiger partial charge in [0.2, 0.25) is 0 Å². The van der Waals surface area contributed by atoms with Gasteiger partial charge in [-0.2, -0.15) is 0 Å². The molecule has 2 atom stereocenters. The average Bonchev–Trinajstić information content (AvgIpc) is 3.11. The lowest BCUT2D eigenvalue weighted by Crippen LogP contribution is -2.45. The number of alkyl halides is 2. The first-order chi connectivity index (χ1) is 13.9. The molecule has 1 aromatic heterocycles. The zero-order valence-electron chi connectivity index (χ0n) is 16.2. The second-order valence-corrected chi connectivity index (χ2v) is 7.32. The molecule has 8 heteroatoms. The molecule has 4 rings (SSSR count). The number of amides is 1. The third-order valence-electron chi connectivity index (χ3n) is 4.88. The van der Waals surface area contributed by atoms with Gasteiger partial charge in [0.15, 0.2) is 5.82 Å². The molecule has 152 valence electrons. The molecule has 0 spiro atoms. The van der Waals surface area contributed by atoms with Gasteiger partial charge in [-0.25, -0.2) is 13.8 Å². The van der Waals surface area contributed by atoms with Crippen LogP contribution in [0.2, 0.25) is 0 Å². The minimum Gasteiger partial charge on any atom is -0.372 e. The summed E-state index contributed by atoms with van der Waals surface area (Å²) in [4.78, 5) is 21.2. The van der Waals surface area contributed by atoms with E-state index in [9.17, 15) is 13.6 Å². The Kier molecular flexibility index (Phi) is 5.19. The van der Waals surface area contributed by atoms with E-state index in [-0.39, 0.29) is 18.1 Å². The fraction of sp³-hybridized carbons (Fsp3) is 0.333. The van der Waals surface area contributed by atoms with Crippen LogP contribution < -0.4 is 10.2 Å². The van der Waals surface area contributed by atoms with Crippen molar-refractivity contribution in [1.82, 2.24) is 9.97 Å². The number of carbonyl (C=O) groups is 1. The molecule has 1 aliphatic rings. The van der Waals surface area contributed by atoms with Gasteiger partial charge in [0.25, 0.3) is 12.3 Å². The van der Waals surface area contributed by atoms with Gasteiger partial charge in [0.05, 0.1) is 23.2 Å². The number of morpholine rings is 1. The molecule has 0 bridgehead atoms. The van der Waals surface area contributed by atoms with Gasteiger partial charge in [0, 0.05) is 30.0 Å². The minimum atomic E-state index is -2.68.